The van der Waals surface area contributed by atoms with Gasteiger partial charge in [-0.1, -0.05) is 49.4 Å². The Kier molecular flexibility index (Phi) is 8.40. The summed E-state index contributed by atoms with van der Waals surface area (Å²) in [6, 6.07) is 6.34. The maximum absolute atomic E-state index is 12.7. The second-order valence-electron chi connectivity index (χ2n) is 8.66. The minimum absolute atomic E-state index is 0.211. The second-order valence-corrected chi connectivity index (χ2v) is 10.9. The lowest BCUT2D eigenvalue weighted by atomic mass is 10.1. The number of imidazole rings is 1. The summed E-state index contributed by atoms with van der Waals surface area (Å²) in [4.78, 5) is 38.3. The first kappa shape index (κ1) is 26.4. The Balaban J connectivity index is 1.46. The number of ether oxygens (including phenoxy) is 2. The smallest absolute Gasteiger partial charge is 0.319 e. The highest BCUT2D eigenvalue weighted by molar-refractivity contribution is 8.00. The largest absolute Gasteiger partial charge is 0.465 e. The van der Waals surface area contributed by atoms with E-state index in [2.05, 4.69) is 50.0 Å². The van der Waals surface area contributed by atoms with E-state index in [0.717, 1.165) is 56.8 Å². The molecule has 0 radical (unpaired) electrons. The summed E-state index contributed by atoms with van der Waals surface area (Å²) in [5.74, 6) is 0.568. The van der Waals surface area contributed by atoms with Gasteiger partial charge in [-0.25, -0.2) is 24.9 Å². The summed E-state index contributed by atoms with van der Waals surface area (Å²) in [6.45, 7) is 5.21. The minimum atomic E-state index is -0.333. The zero-order valence-corrected chi connectivity index (χ0v) is 23.2. The SMILES string of the molecule is CCCCC(Sc1ncnc2ncn(Cc3ccc4c(c3)N(COC)c3nccnc3S4)c12)C(=O)OCC. The molecule has 3 aromatic heterocycles. The van der Waals surface area contributed by atoms with Crippen molar-refractivity contribution in [1.82, 2.24) is 29.5 Å². The Labute approximate surface area is 229 Å². The molecule has 4 heterocycles. The van der Waals surface area contributed by atoms with Crippen LogP contribution in [0.5, 0.6) is 0 Å². The van der Waals surface area contributed by atoms with E-state index in [1.54, 1.807) is 37.6 Å². The van der Waals surface area contributed by atoms with Crippen LogP contribution in [0.4, 0.5) is 11.5 Å². The lowest BCUT2D eigenvalue weighted by Gasteiger charge is -2.30. The van der Waals surface area contributed by atoms with Crippen molar-refractivity contribution in [3.8, 4) is 0 Å². The van der Waals surface area contributed by atoms with Crippen LogP contribution in [0, 0.1) is 0 Å². The first-order chi connectivity index (χ1) is 18.6. The lowest BCUT2D eigenvalue weighted by Crippen LogP contribution is -2.24. The van der Waals surface area contributed by atoms with E-state index >= 15 is 0 Å². The highest BCUT2D eigenvalue weighted by atomic mass is 32.2. The van der Waals surface area contributed by atoms with Crippen LogP contribution in [0.25, 0.3) is 11.2 Å². The molecule has 198 valence electrons. The predicted octanol–water partition coefficient (Wildman–Crippen LogP) is 5.09. The zero-order valence-electron chi connectivity index (χ0n) is 21.5. The van der Waals surface area contributed by atoms with Gasteiger partial charge < -0.3 is 14.0 Å². The van der Waals surface area contributed by atoms with Crippen molar-refractivity contribution in [2.24, 2.45) is 0 Å². The van der Waals surface area contributed by atoms with Crippen LogP contribution in [0.1, 0.15) is 38.7 Å². The summed E-state index contributed by atoms with van der Waals surface area (Å²) < 4.78 is 12.9. The van der Waals surface area contributed by atoms with E-state index in [4.69, 9.17) is 9.47 Å². The molecule has 5 rings (SSSR count). The van der Waals surface area contributed by atoms with Crippen molar-refractivity contribution in [2.45, 2.75) is 59.9 Å². The molecule has 0 spiro atoms. The van der Waals surface area contributed by atoms with Crippen molar-refractivity contribution < 1.29 is 14.3 Å². The van der Waals surface area contributed by atoms with Crippen LogP contribution in [0.2, 0.25) is 0 Å². The van der Waals surface area contributed by atoms with E-state index in [0.29, 0.717) is 25.5 Å². The number of esters is 1. The lowest BCUT2D eigenvalue weighted by molar-refractivity contribution is -0.142. The molecular formula is C26H29N7O3S2. The number of hydrogen-bond acceptors (Lipinski definition) is 11. The highest BCUT2D eigenvalue weighted by Gasteiger charge is 2.27. The van der Waals surface area contributed by atoms with Crippen LogP contribution in [-0.2, 0) is 20.8 Å². The molecule has 0 aliphatic carbocycles. The number of carbonyl (C=O) groups is 1. The van der Waals surface area contributed by atoms with Crippen LogP contribution < -0.4 is 4.90 Å². The normalized spacial score (nSPS) is 13.3. The van der Waals surface area contributed by atoms with Gasteiger partial charge in [-0.15, -0.1) is 0 Å². The number of anilines is 2. The minimum Gasteiger partial charge on any atom is -0.465 e. The number of unbranched alkanes of at least 4 members (excludes halogenated alkanes) is 1. The van der Waals surface area contributed by atoms with Gasteiger partial charge in [0.15, 0.2) is 11.5 Å². The number of nitrogens with zero attached hydrogens (tertiary/aromatic N) is 7. The Hall–Kier alpha value is -3.22. The van der Waals surface area contributed by atoms with Crippen LogP contribution in [-0.4, -0.2) is 61.2 Å². The molecule has 0 amide bonds. The average Bonchev–Trinajstić information content (AvgIpc) is 3.34. The third-order valence-electron chi connectivity index (χ3n) is 6.03. The Morgan fingerprint density at radius 2 is 2.00 bits per heavy atom. The molecule has 1 unspecified atom stereocenters. The van der Waals surface area contributed by atoms with E-state index < -0.39 is 0 Å². The second kappa shape index (κ2) is 12.1. The summed E-state index contributed by atoms with van der Waals surface area (Å²) >= 11 is 3.02. The number of hydrogen-bond donors (Lipinski definition) is 0. The van der Waals surface area contributed by atoms with Gasteiger partial charge in [0, 0.05) is 30.9 Å². The number of fused-ring (bicyclic) bond motifs is 3. The number of aromatic nitrogens is 6. The predicted molar refractivity (Wildman–Crippen MR) is 147 cm³/mol. The van der Waals surface area contributed by atoms with Crippen molar-refractivity contribution in [3.63, 3.8) is 0 Å². The molecule has 1 atom stereocenters. The Morgan fingerprint density at radius 1 is 1.13 bits per heavy atom. The maximum atomic E-state index is 12.7. The third-order valence-corrected chi connectivity index (χ3v) is 8.31. The fourth-order valence-electron chi connectivity index (χ4n) is 4.28. The zero-order chi connectivity index (χ0) is 26.5. The molecule has 10 nitrogen and oxygen atoms in total. The maximum Gasteiger partial charge on any atom is 0.319 e. The van der Waals surface area contributed by atoms with Gasteiger partial charge in [-0.05, 0) is 31.0 Å². The average molecular weight is 552 g/mol. The molecular weight excluding hydrogens is 522 g/mol. The number of thioether (sulfide) groups is 1. The van der Waals surface area contributed by atoms with Crippen LogP contribution >= 0.6 is 23.5 Å². The summed E-state index contributed by atoms with van der Waals surface area (Å²) in [7, 11) is 1.67. The van der Waals surface area contributed by atoms with E-state index in [1.807, 2.05) is 16.4 Å². The topological polar surface area (TPSA) is 108 Å². The van der Waals surface area contributed by atoms with Gasteiger partial charge in [0.05, 0.1) is 18.6 Å². The number of benzene rings is 1. The molecule has 1 aromatic carbocycles. The molecule has 0 N–H and O–H groups in total. The van der Waals surface area contributed by atoms with Crippen LogP contribution in [0.3, 0.4) is 0 Å². The molecule has 38 heavy (non-hydrogen) atoms. The first-order valence-electron chi connectivity index (χ1n) is 12.5. The van der Waals surface area contributed by atoms with Gasteiger partial charge in [-0.3, -0.25) is 9.69 Å². The fraction of sp³-hybridized carbons (Fsp3) is 0.385. The summed E-state index contributed by atoms with van der Waals surface area (Å²) in [5.41, 5.74) is 3.49. The number of rotatable bonds is 11. The van der Waals surface area contributed by atoms with Crippen molar-refractivity contribution >= 4 is 52.2 Å². The molecule has 0 saturated carbocycles. The molecule has 0 saturated heterocycles. The van der Waals surface area contributed by atoms with Crippen molar-refractivity contribution in [3.05, 3.63) is 48.8 Å². The van der Waals surface area contributed by atoms with Crippen molar-refractivity contribution in [1.29, 1.82) is 0 Å². The first-order valence-corrected chi connectivity index (χ1v) is 14.2. The molecule has 0 fully saturated rings. The standard InChI is InChI=1S/C26H29N7O3S2/c1-4-6-7-20(26(34)36-5-2)38-24-21-22(29-14-30-24)31-15-32(21)13-17-8-9-19-18(12-17)33(16-35-3)23-25(37-19)28-11-10-27-23/h8-12,14-15,20H,4-7,13,16H2,1-3H3. The number of methoxy groups -OCH3 is 1. The van der Waals surface area contributed by atoms with Gasteiger partial charge >= 0.3 is 5.97 Å². The van der Waals surface area contributed by atoms with Gasteiger partial charge in [0.25, 0.3) is 0 Å². The van der Waals surface area contributed by atoms with Crippen LogP contribution in [0.15, 0.2) is 58.2 Å². The summed E-state index contributed by atoms with van der Waals surface area (Å²) in [5, 5.41) is 1.24. The molecule has 1 aliphatic rings. The summed E-state index contributed by atoms with van der Waals surface area (Å²) in [6.07, 6.45) is 9.33. The van der Waals surface area contributed by atoms with Gasteiger partial charge in [0.1, 0.15) is 33.9 Å². The van der Waals surface area contributed by atoms with Gasteiger partial charge in [0.2, 0.25) is 0 Å². The van der Waals surface area contributed by atoms with E-state index in [1.165, 1.54) is 18.1 Å². The quantitative estimate of drug-likeness (QED) is 0.141. The molecule has 0 bridgehead atoms. The Morgan fingerprint density at radius 3 is 2.82 bits per heavy atom. The molecule has 1 aliphatic heterocycles. The molecule has 12 heteroatoms. The highest BCUT2D eigenvalue weighted by Crippen LogP contribution is 2.46. The Bertz CT molecular complexity index is 1430. The number of carbonyl (C=O) groups excluding carboxylic acids is 1. The third kappa shape index (κ3) is 5.47. The van der Waals surface area contributed by atoms with Crippen molar-refractivity contribution in [2.75, 3.05) is 25.3 Å². The molecule has 4 aromatic rings. The van der Waals surface area contributed by atoms with E-state index in [-0.39, 0.29) is 11.2 Å². The fourth-order valence-corrected chi connectivity index (χ4v) is 6.41. The monoisotopic (exact) mass is 551 g/mol. The van der Waals surface area contributed by atoms with Gasteiger partial charge in [-0.2, -0.15) is 0 Å². The van der Waals surface area contributed by atoms with E-state index in [9.17, 15) is 4.79 Å².